The molecule has 1 N–H and O–H groups in total. The number of hydrogen-bond donors (Lipinski definition) is 1. The van der Waals surface area contributed by atoms with E-state index >= 15 is 0 Å². The zero-order chi connectivity index (χ0) is 15.1. The molecular formula is C16H25N3OS. The van der Waals surface area contributed by atoms with Crippen molar-refractivity contribution in [3.63, 3.8) is 0 Å². The van der Waals surface area contributed by atoms with E-state index in [1.165, 1.54) is 43.0 Å². The molecule has 1 heterocycles. The molecule has 21 heavy (non-hydrogen) atoms. The first-order valence-electron chi connectivity index (χ1n) is 7.84. The van der Waals surface area contributed by atoms with E-state index in [1.807, 2.05) is 13.1 Å². The molecule has 1 aromatic rings. The minimum atomic E-state index is -0.113. The summed E-state index contributed by atoms with van der Waals surface area (Å²) in [4.78, 5) is 16.4. The van der Waals surface area contributed by atoms with Crippen LogP contribution >= 0.6 is 11.8 Å². The van der Waals surface area contributed by atoms with E-state index in [9.17, 15) is 4.79 Å². The Bertz CT molecular complexity index is 495. The standard InChI is InChI=1S/C16H25N3OS/c1-3-19-12-11-18-16(19)21-13(2)15(20)17-10-9-14-7-5-4-6-8-14/h7,11-13H,3-6,8-10H2,1-2H3,(H,17,20). The van der Waals surface area contributed by atoms with Crippen LogP contribution in [0.1, 0.15) is 46.0 Å². The quantitative estimate of drug-likeness (QED) is 0.620. The number of aryl methyl sites for hydroxylation is 1. The predicted octanol–water partition coefficient (Wildman–Crippen LogP) is 3.39. The number of rotatable bonds is 7. The average Bonchev–Trinajstić information content (AvgIpc) is 2.95. The van der Waals surface area contributed by atoms with Crippen molar-refractivity contribution in [2.24, 2.45) is 0 Å². The van der Waals surface area contributed by atoms with E-state index in [0.717, 1.165) is 24.7 Å². The Morgan fingerprint density at radius 1 is 1.52 bits per heavy atom. The largest absolute Gasteiger partial charge is 0.355 e. The highest BCUT2D eigenvalue weighted by molar-refractivity contribution is 8.00. The van der Waals surface area contributed by atoms with Gasteiger partial charge in [0.15, 0.2) is 5.16 Å². The second-order valence-electron chi connectivity index (χ2n) is 5.41. The molecule has 1 aliphatic carbocycles. The van der Waals surface area contributed by atoms with Crippen LogP contribution in [0.5, 0.6) is 0 Å². The number of aromatic nitrogens is 2. The number of hydrogen-bond acceptors (Lipinski definition) is 3. The summed E-state index contributed by atoms with van der Waals surface area (Å²) in [6, 6.07) is 0. The highest BCUT2D eigenvalue weighted by Gasteiger charge is 2.16. The van der Waals surface area contributed by atoms with Gasteiger partial charge in [0.05, 0.1) is 5.25 Å². The van der Waals surface area contributed by atoms with Crippen LogP contribution < -0.4 is 5.32 Å². The molecule has 0 fully saturated rings. The fourth-order valence-electron chi connectivity index (χ4n) is 2.49. The first kappa shape index (κ1) is 16.1. The topological polar surface area (TPSA) is 46.9 Å². The van der Waals surface area contributed by atoms with Crippen LogP contribution in [-0.4, -0.2) is 27.3 Å². The van der Waals surface area contributed by atoms with Crippen molar-refractivity contribution in [3.05, 3.63) is 24.0 Å². The third-order valence-corrected chi connectivity index (χ3v) is 4.92. The number of nitrogens with zero attached hydrogens (tertiary/aromatic N) is 2. The molecule has 4 nitrogen and oxygen atoms in total. The van der Waals surface area contributed by atoms with Gasteiger partial charge in [0.25, 0.3) is 0 Å². The second-order valence-corrected chi connectivity index (χ2v) is 6.71. The molecule has 116 valence electrons. The number of nitrogens with one attached hydrogen (secondary N) is 1. The number of imidazole rings is 1. The summed E-state index contributed by atoms with van der Waals surface area (Å²) in [6.45, 7) is 5.64. The van der Waals surface area contributed by atoms with Crippen molar-refractivity contribution in [1.29, 1.82) is 0 Å². The van der Waals surface area contributed by atoms with Crippen molar-refractivity contribution >= 4 is 17.7 Å². The first-order valence-corrected chi connectivity index (χ1v) is 8.72. The van der Waals surface area contributed by atoms with Crippen molar-refractivity contribution < 1.29 is 4.79 Å². The zero-order valence-electron chi connectivity index (χ0n) is 13.0. The van der Waals surface area contributed by atoms with Crippen LogP contribution in [0.2, 0.25) is 0 Å². The van der Waals surface area contributed by atoms with Crippen LogP contribution in [0.3, 0.4) is 0 Å². The molecule has 5 heteroatoms. The van der Waals surface area contributed by atoms with Gasteiger partial charge in [0.1, 0.15) is 0 Å². The van der Waals surface area contributed by atoms with Crippen molar-refractivity contribution in [1.82, 2.24) is 14.9 Å². The summed E-state index contributed by atoms with van der Waals surface area (Å²) in [6.07, 6.45) is 12.1. The van der Waals surface area contributed by atoms with Gasteiger partial charge in [-0.25, -0.2) is 4.98 Å². The molecule has 0 radical (unpaired) electrons. The van der Waals surface area contributed by atoms with Crippen molar-refractivity contribution in [2.45, 2.75) is 62.9 Å². The minimum absolute atomic E-state index is 0.0991. The molecule has 1 aliphatic rings. The van der Waals surface area contributed by atoms with Crippen LogP contribution in [0.4, 0.5) is 0 Å². The number of allylic oxidation sites excluding steroid dienone is 1. The summed E-state index contributed by atoms with van der Waals surface area (Å²) in [5.74, 6) is 0.0991. The molecule has 2 rings (SSSR count). The fourth-order valence-corrected chi connectivity index (χ4v) is 3.44. The van der Waals surface area contributed by atoms with Crippen LogP contribution in [0.25, 0.3) is 0 Å². The van der Waals surface area contributed by atoms with Gasteiger partial charge < -0.3 is 9.88 Å². The Balaban J connectivity index is 1.73. The Labute approximate surface area is 131 Å². The zero-order valence-corrected chi connectivity index (χ0v) is 13.8. The molecule has 1 unspecified atom stereocenters. The smallest absolute Gasteiger partial charge is 0.233 e. The van der Waals surface area contributed by atoms with E-state index < -0.39 is 0 Å². The summed E-state index contributed by atoms with van der Waals surface area (Å²) in [5, 5.41) is 3.84. The predicted molar refractivity (Wildman–Crippen MR) is 87.4 cm³/mol. The maximum Gasteiger partial charge on any atom is 0.233 e. The van der Waals surface area contributed by atoms with Gasteiger partial charge in [-0.3, -0.25) is 4.79 Å². The lowest BCUT2D eigenvalue weighted by Gasteiger charge is -2.15. The van der Waals surface area contributed by atoms with Crippen LogP contribution in [-0.2, 0) is 11.3 Å². The highest BCUT2D eigenvalue weighted by Crippen LogP contribution is 2.22. The maximum atomic E-state index is 12.1. The summed E-state index contributed by atoms with van der Waals surface area (Å²) in [7, 11) is 0. The minimum Gasteiger partial charge on any atom is -0.355 e. The highest BCUT2D eigenvalue weighted by atomic mass is 32.2. The fraction of sp³-hybridized carbons (Fsp3) is 0.625. The van der Waals surface area contributed by atoms with Gasteiger partial charge in [-0.1, -0.05) is 23.4 Å². The summed E-state index contributed by atoms with van der Waals surface area (Å²) in [5.41, 5.74) is 1.50. The summed E-state index contributed by atoms with van der Waals surface area (Å²) >= 11 is 1.52. The van der Waals surface area contributed by atoms with Gasteiger partial charge >= 0.3 is 0 Å². The molecular weight excluding hydrogens is 282 g/mol. The molecule has 1 atom stereocenters. The van der Waals surface area contributed by atoms with Crippen LogP contribution in [0, 0.1) is 0 Å². The molecule has 0 spiro atoms. The molecule has 0 aliphatic heterocycles. The molecule has 1 amide bonds. The SMILES string of the molecule is CCn1ccnc1SC(C)C(=O)NCCC1=CCCCC1. The number of carbonyl (C=O) groups excluding carboxylic acids is 1. The van der Waals surface area contributed by atoms with E-state index in [2.05, 4.69) is 27.9 Å². The third-order valence-electron chi connectivity index (χ3n) is 3.80. The normalized spacial score (nSPS) is 16.4. The molecule has 1 aromatic heterocycles. The van der Waals surface area contributed by atoms with Gasteiger partial charge in [-0.05, 0) is 46.0 Å². The molecule has 0 saturated heterocycles. The Morgan fingerprint density at radius 3 is 3.10 bits per heavy atom. The number of carbonyl (C=O) groups is 1. The average molecular weight is 307 g/mol. The first-order chi connectivity index (χ1) is 10.2. The van der Waals surface area contributed by atoms with E-state index in [0.29, 0.717) is 0 Å². The summed E-state index contributed by atoms with van der Waals surface area (Å²) < 4.78 is 2.06. The number of amides is 1. The Kier molecular flexibility index (Phi) is 6.36. The van der Waals surface area contributed by atoms with Crippen molar-refractivity contribution in [2.75, 3.05) is 6.54 Å². The second kappa shape index (κ2) is 8.27. The number of thioether (sulfide) groups is 1. The lowest BCUT2D eigenvalue weighted by molar-refractivity contribution is -0.120. The van der Waals surface area contributed by atoms with E-state index in [-0.39, 0.29) is 11.2 Å². The van der Waals surface area contributed by atoms with Gasteiger partial charge in [0.2, 0.25) is 5.91 Å². The van der Waals surface area contributed by atoms with E-state index in [1.54, 1.807) is 6.20 Å². The Hall–Kier alpha value is -1.23. The lowest BCUT2D eigenvalue weighted by Crippen LogP contribution is -2.32. The monoisotopic (exact) mass is 307 g/mol. The van der Waals surface area contributed by atoms with E-state index in [4.69, 9.17) is 0 Å². The van der Waals surface area contributed by atoms with Crippen molar-refractivity contribution in [3.8, 4) is 0 Å². The van der Waals surface area contributed by atoms with Gasteiger partial charge in [-0.15, -0.1) is 0 Å². The Morgan fingerprint density at radius 2 is 2.38 bits per heavy atom. The molecule has 0 bridgehead atoms. The maximum absolute atomic E-state index is 12.1. The van der Waals surface area contributed by atoms with Gasteiger partial charge in [-0.2, -0.15) is 0 Å². The third kappa shape index (κ3) is 4.92. The molecule has 0 saturated carbocycles. The molecule has 0 aromatic carbocycles. The van der Waals surface area contributed by atoms with Gasteiger partial charge in [0, 0.05) is 25.5 Å². The lowest BCUT2D eigenvalue weighted by atomic mass is 9.97. The van der Waals surface area contributed by atoms with Crippen LogP contribution in [0.15, 0.2) is 29.2 Å².